The highest BCUT2D eigenvalue weighted by atomic mass is 35.5. The van der Waals surface area contributed by atoms with Gasteiger partial charge in [0.15, 0.2) is 0 Å². The number of anilines is 1. The Hall–Kier alpha value is -1.59. The number of benzene rings is 1. The lowest BCUT2D eigenvalue weighted by atomic mass is 9.98. The van der Waals surface area contributed by atoms with Gasteiger partial charge in [0, 0.05) is 18.1 Å². The van der Waals surface area contributed by atoms with E-state index in [1.54, 1.807) is 12.1 Å². The molecule has 5 nitrogen and oxygen atoms in total. The van der Waals surface area contributed by atoms with Crippen LogP contribution in [-0.4, -0.2) is 35.4 Å². The van der Waals surface area contributed by atoms with Gasteiger partial charge in [-0.15, -0.1) is 11.6 Å². The number of aliphatic hydroxyl groups excluding tert-OH is 1. The van der Waals surface area contributed by atoms with Crippen LogP contribution in [0.3, 0.4) is 0 Å². The van der Waals surface area contributed by atoms with Gasteiger partial charge in [-0.05, 0) is 36.5 Å². The number of nitrogens with one attached hydrogen (secondary N) is 2. The molecule has 1 aromatic carbocycles. The smallest absolute Gasteiger partial charge is 0.254 e. The number of carbonyl (C=O) groups is 2. The molecule has 0 aromatic heterocycles. The Bertz CT molecular complexity index is 534. The molecule has 0 radical (unpaired) electrons. The van der Waals surface area contributed by atoms with Gasteiger partial charge in [0.2, 0.25) is 5.91 Å². The molecule has 3 N–H and O–H groups in total. The van der Waals surface area contributed by atoms with Gasteiger partial charge in [-0.1, -0.05) is 32.9 Å². The van der Waals surface area contributed by atoms with E-state index in [-0.39, 0.29) is 5.91 Å². The molecule has 0 fully saturated rings. The van der Waals surface area contributed by atoms with E-state index in [0.29, 0.717) is 30.5 Å². The summed E-state index contributed by atoms with van der Waals surface area (Å²) in [6.45, 7) is 6.21. The molecule has 0 spiro atoms. The summed E-state index contributed by atoms with van der Waals surface area (Å²) in [5.41, 5.74) is 1.80. The zero-order chi connectivity index (χ0) is 18.1. The van der Waals surface area contributed by atoms with Gasteiger partial charge >= 0.3 is 0 Å². The Morgan fingerprint density at radius 1 is 1.17 bits per heavy atom. The highest BCUT2D eigenvalue weighted by Crippen LogP contribution is 2.20. The summed E-state index contributed by atoms with van der Waals surface area (Å²) < 4.78 is 0. The summed E-state index contributed by atoms with van der Waals surface area (Å²) in [6.07, 6.45) is 0.279. The van der Waals surface area contributed by atoms with Crippen LogP contribution in [0, 0.1) is 5.92 Å². The standard InChI is InChI=1S/C18H27ClN2O3/c1-4-12(2)14-6-8-15(9-7-14)21-18(24)16(22)13(3)17(23)20-11-5-10-19/h6-9,12-13,16,22H,4-5,10-11H2,1-3H3,(H,20,23)(H,21,24)/t12?,13-,16-/m1/s1. The average Bonchev–Trinajstić information content (AvgIpc) is 2.60. The zero-order valence-electron chi connectivity index (χ0n) is 14.5. The fourth-order valence-corrected chi connectivity index (χ4v) is 2.29. The maximum Gasteiger partial charge on any atom is 0.254 e. The molecule has 0 bridgehead atoms. The second kappa shape index (κ2) is 10.3. The normalized spacial score (nSPS) is 14.5. The van der Waals surface area contributed by atoms with Crippen LogP contribution in [0.25, 0.3) is 0 Å². The van der Waals surface area contributed by atoms with Gasteiger partial charge in [-0.3, -0.25) is 9.59 Å². The van der Waals surface area contributed by atoms with Crippen LogP contribution in [0.4, 0.5) is 5.69 Å². The summed E-state index contributed by atoms with van der Waals surface area (Å²) in [5, 5.41) is 15.3. The maximum absolute atomic E-state index is 12.1. The largest absolute Gasteiger partial charge is 0.382 e. The topological polar surface area (TPSA) is 78.4 Å². The Morgan fingerprint density at radius 2 is 1.79 bits per heavy atom. The molecule has 0 aliphatic carbocycles. The van der Waals surface area contributed by atoms with E-state index in [1.807, 2.05) is 12.1 Å². The van der Waals surface area contributed by atoms with E-state index in [0.717, 1.165) is 6.42 Å². The van der Waals surface area contributed by atoms with Crippen LogP contribution < -0.4 is 10.6 Å². The van der Waals surface area contributed by atoms with Crippen molar-refractivity contribution >= 4 is 29.1 Å². The van der Waals surface area contributed by atoms with Crippen molar-refractivity contribution in [2.24, 2.45) is 5.92 Å². The van der Waals surface area contributed by atoms with E-state index < -0.39 is 17.9 Å². The molecule has 2 amide bonds. The number of hydrogen-bond donors (Lipinski definition) is 3. The summed E-state index contributed by atoms with van der Waals surface area (Å²) in [7, 11) is 0. The Kier molecular flexibility index (Phi) is 8.79. The molecular weight excluding hydrogens is 328 g/mol. The highest BCUT2D eigenvalue weighted by Gasteiger charge is 2.28. The van der Waals surface area contributed by atoms with Crippen LogP contribution in [0.2, 0.25) is 0 Å². The first kappa shape index (κ1) is 20.5. The number of rotatable bonds is 9. The van der Waals surface area contributed by atoms with Crippen molar-refractivity contribution in [2.75, 3.05) is 17.7 Å². The predicted octanol–water partition coefficient (Wildman–Crippen LogP) is 2.88. The molecule has 0 saturated carbocycles. The quantitative estimate of drug-likeness (QED) is 0.471. The molecule has 134 valence electrons. The number of halogens is 1. The van der Waals surface area contributed by atoms with Gasteiger partial charge in [0.05, 0.1) is 5.92 Å². The Labute approximate surface area is 148 Å². The fraction of sp³-hybridized carbons (Fsp3) is 0.556. The van der Waals surface area contributed by atoms with Crippen LogP contribution in [0.5, 0.6) is 0 Å². The van der Waals surface area contributed by atoms with Crippen LogP contribution in [-0.2, 0) is 9.59 Å². The first-order chi connectivity index (χ1) is 11.4. The molecular formula is C18H27ClN2O3. The fourth-order valence-electron chi connectivity index (χ4n) is 2.16. The number of carbonyl (C=O) groups excluding carboxylic acids is 2. The van der Waals surface area contributed by atoms with Crippen molar-refractivity contribution in [1.82, 2.24) is 5.32 Å². The van der Waals surface area contributed by atoms with Gasteiger partial charge in [-0.2, -0.15) is 0 Å². The molecule has 1 aromatic rings. The predicted molar refractivity (Wildman–Crippen MR) is 97.3 cm³/mol. The van der Waals surface area contributed by atoms with Crippen molar-refractivity contribution in [3.05, 3.63) is 29.8 Å². The van der Waals surface area contributed by atoms with E-state index in [9.17, 15) is 14.7 Å². The maximum atomic E-state index is 12.1. The minimum absolute atomic E-state index is 0.366. The summed E-state index contributed by atoms with van der Waals surface area (Å²) in [5.74, 6) is -0.886. The molecule has 0 saturated heterocycles. The van der Waals surface area contributed by atoms with Gasteiger partial charge in [0.25, 0.3) is 5.91 Å². The monoisotopic (exact) mass is 354 g/mol. The number of alkyl halides is 1. The van der Waals surface area contributed by atoms with E-state index in [4.69, 9.17) is 11.6 Å². The molecule has 24 heavy (non-hydrogen) atoms. The SMILES string of the molecule is CCC(C)c1ccc(NC(=O)[C@H](O)[C@@H](C)C(=O)NCCCCl)cc1. The second-order valence-electron chi connectivity index (χ2n) is 5.99. The number of amides is 2. The molecule has 0 heterocycles. The summed E-state index contributed by atoms with van der Waals surface area (Å²) in [6, 6.07) is 7.52. The molecule has 0 aliphatic heterocycles. The Balaban J connectivity index is 2.58. The third-order valence-electron chi connectivity index (χ3n) is 4.13. The third kappa shape index (κ3) is 6.13. The van der Waals surface area contributed by atoms with Crippen molar-refractivity contribution in [3.8, 4) is 0 Å². The molecule has 6 heteroatoms. The molecule has 1 unspecified atom stereocenters. The molecule has 3 atom stereocenters. The average molecular weight is 355 g/mol. The minimum Gasteiger partial charge on any atom is -0.382 e. The number of hydrogen-bond acceptors (Lipinski definition) is 3. The first-order valence-corrected chi connectivity index (χ1v) is 8.86. The van der Waals surface area contributed by atoms with Crippen LogP contribution in [0.1, 0.15) is 45.1 Å². The molecule has 0 aliphatic rings. The minimum atomic E-state index is -1.41. The summed E-state index contributed by atoms with van der Waals surface area (Å²) >= 11 is 5.54. The third-order valence-corrected chi connectivity index (χ3v) is 4.39. The second-order valence-corrected chi connectivity index (χ2v) is 6.37. The van der Waals surface area contributed by atoms with Crippen LogP contribution in [0.15, 0.2) is 24.3 Å². The Morgan fingerprint density at radius 3 is 2.33 bits per heavy atom. The van der Waals surface area contributed by atoms with Crippen molar-refractivity contribution in [2.45, 2.75) is 45.6 Å². The van der Waals surface area contributed by atoms with Crippen molar-refractivity contribution in [1.29, 1.82) is 0 Å². The van der Waals surface area contributed by atoms with E-state index >= 15 is 0 Å². The van der Waals surface area contributed by atoms with Gasteiger partial charge < -0.3 is 15.7 Å². The zero-order valence-corrected chi connectivity index (χ0v) is 15.3. The lowest BCUT2D eigenvalue weighted by molar-refractivity contribution is -0.136. The summed E-state index contributed by atoms with van der Waals surface area (Å²) in [4.78, 5) is 24.0. The highest BCUT2D eigenvalue weighted by molar-refractivity contribution is 6.17. The lowest BCUT2D eigenvalue weighted by Crippen LogP contribution is -2.42. The van der Waals surface area contributed by atoms with Gasteiger partial charge in [0.1, 0.15) is 6.10 Å². The first-order valence-electron chi connectivity index (χ1n) is 8.33. The van der Waals surface area contributed by atoms with Crippen LogP contribution >= 0.6 is 11.6 Å². The van der Waals surface area contributed by atoms with E-state index in [2.05, 4.69) is 24.5 Å². The lowest BCUT2D eigenvalue weighted by Gasteiger charge is -2.18. The van der Waals surface area contributed by atoms with Crippen molar-refractivity contribution in [3.63, 3.8) is 0 Å². The van der Waals surface area contributed by atoms with Crippen molar-refractivity contribution < 1.29 is 14.7 Å². The molecule has 1 rings (SSSR count). The van der Waals surface area contributed by atoms with Gasteiger partial charge in [-0.25, -0.2) is 0 Å². The number of aliphatic hydroxyl groups is 1. The van der Waals surface area contributed by atoms with E-state index in [1.165, 1.54) is 12.5 Å².